The summed E-state index contributed by atoms with van der Waals surface area (Å²) in [6.07, 6.45) is 5.12. The summed E-state index contributed by atoms with van der Waals surface area (Å²) in [5.41, 5.74) is 0.738. The Morgan fingerprint density at radius 2 is 1.67 bits per heavy atom. The summed E-state index contributed by atoms with van der Waals surface area (Å²) in [6, 6.07) is 9.07. The van der Waals surface area contributed by atoms with Crippen LogP contribution in [0.15, 0.2) is 42.5 Å². The fourth-order valence-corrected chi connectivity index (χ4v) is 5.72. The van der Waals surface area contributed by atoms with Gasteiger partial charge in [-0.1, -0.05) is 55.1 Å². The first kappa shape index (κ1) is 28.2. The Morgan fingerprint density at radius 3 is 2.19 bits per heavy atom. The van der Waals surface area contributed by atoms with Crippen molar-refractivity contribution in [3.8, 4) is 0 Å². The number of carbonyl (C=O) groups is 2. The molecule has 196 valence electrons. The maximum absolute atomic E-state index is 13.7. The van der Waals surface area contributed by atoms with Crippen LogP contribution in [0.3, 0.4) is 0 Å². The fourth-order valence-electron chi connectivity index (χ4n) is 4.37. The van der Waals surface area contributed by atoms with E-state index < -0.39 is 34.3 Å². The molecule has 0 saturated heterocycles. The smallest absolute Gasteiger partial charge is 0.244 e. The minimum Gasteiger partial charge on any atom is -0.352 e. The van der Waals surface area contributed by atoms with Crippen LogP contribution in [-0.4, -0.2) is 50.0 Å². The molecule has 0 aromatic heterocycles. The average Bonchev–Trinajstić information content (AvgIpc) is 3.30. The number of sulfonamides is 1. The van der Waals surface area contributed by atoms with Crippen LogP contribution in [0.5, 0.6) is 0 Å². The third-order valence-electron chi connectivity index (χ3n) is 6.17. The predicted molar refractivity (Wildman–Crippen MR) is 140 cm³/mol. The monoisotopic (exact) mass is 557 g/mol. The number of carbonyl (C=O) groups excluding carboxylic acids is 2. The Morgan fingerprint density at radius 1 is 1.08 bits per heavy atom. The van der Waals surface area contributed by atoms with Crippen LogP contribution in [0.25, 0.3) is 0 Å². The number of nitrogens with one attached hydrogen (secondary N) is 1. The lowest BCUT2D eigenvalue weighted by Gasteiger charge is -2.33. The van der Waals surface area contributed by atoms with Crippen molar-refractivity contribution in [3.05, 3.63) is 63.9 Å². The molecule has 1 saturated carbocycles. The van der Waals surface area contributed by atoms with Crippen LogP contribution in [0, 0.1) is 5.82 Å². The van der Waals surface area contributed by atoms with Gasteiger partial charge in [-0.25, -0.2) is 12.8 Å². The first-order chi connectivity index (χ1) is 17.0. The van der Waals surface area contributed by atoms with Crippen LogP contribution in [0.1, 0.15) is 44.6 Å². The third kappa shape index (κ3) is 7.57. The van der Waals surface area contributed by atoms with E-state index in [9.17, 15) is 22.4 Å². The van der Waals surface area contributed by atoms with Gasteiger partial charge in [-0.2, -0.15) is 0 Å². The molecule has 1 fully saturated rings. The molecule has 0 unspecified atom stereocenters. The second-order valence-corrected chi connectivity index (χ2v) is 11.7. The van der Waals surface area contributed by atoms with Crippen molar-refractivity contribution in [2.45, 2.75) is 57.7 Å². The molecule has 0 radical (unpaired) electrons. The zero-order chi connectivity index (χ0) is 26.5. The van der Waals surface area contributed by atoms with E-state index in [1.807, 2.05) is 0 Å². The molecule has 2 aromatic rings. The summed E-state index contributed by atoms with van der Waals surface area (Å²) in [5, 5.41) is 3.46. The molecule has 2 aromatic carbocycles. The molecule has 3 rings (SSSR count). The Bertz CT molecular complexity index is 1170. The second kappa shape index (κ2) is 12.3. The molecular weight excluding hydrogens is 528 g/mol. The molecule has 1 N–H and O–H groups in total. The molecular formula is C25H30Cl2FN3O4S. The van der Waals surface area contributed by atoms with E-state index in [2.05, 4.69) is 5.32 Å². The molecule has 1 aliphatic rings. The maximum Gasteiger partial charge on any atom is 0.244 e. The Kier molecular flexibility index (Phi) is 9.60. The van der Waals surface area contributed by atoms with Crippen molar-refractivity contribution in [2.75, 3.05) is 17.1 Å². The lowest BCUT2D eigenvalue weighted by molar-refractivity contribution is -0.140. The molecule has 0 bridgehead atoms. The number of anilines is 1. The Hall–Kier alpha value is -2.36. The quantitative estimate of drug-likeness (QED) is 0.456. The molecule has 0 spiro atoms. The summed E-state index contributed by atoms with van der Waals surface area (Å²) in [7, 11) is -3.91. The highest BCUT2D eigenvalue weighted by atomic mass is 35.5. The van der Waals surface area contributed by atoms with Gasteiger partial charge in [0.15, 0.2) is 0 Å². The van der Waals surface area contributed by atoms with Gasteiger partial charge in [-0.15, -0.1) is 0 Å². The van der Waals surface area contributed by atoms with Crippen molar-refractivity contribution in [2.24, 2.45) is 0 Å². The van der Waals surface area contributed by atoms with Gasteiger partial charge in [0.05, 0.1) is 11.9 Å². The van der Waals surface area contributed by atoms with Crippen molar-refractivity contribution in [1.82, 2.24) is 10.2 Å². The lowest BCUT2D eigenvalue weighted by atomic mass is 10.1. The van der Waals surface area contributed by atoms with Gasteiger partial charge in [0.1, 0.15) is 18.4 Å². The number of hydrogen-bond donors (Lipinski definition) is 1. The van der Waals surface area contributed by atoms with Crippen LogP contribution < -0.4 is 9.62 Å². The van der Waals surface area contributed by atoms with Crippen molar-refractivity contribution in [3.63, 3.8) is 0 Å². The van der Waals surface area contributed by atoms with Gasteiger partial charge in [0.2, 0.25) is 21.8 Å². The number of halogens is 3. The molecule has 0 aliphatic heterocycles. The van der Waals surface area contributed by atoms with Crippen LogP contribution in [-0.2, 0) is 26.2 Å². The first-order valence-electron chi connectivity index (χ1n) is 11.8. The van der Waals surface area contributed by atoms with Crippen molar-refractivity contribution in [1.29, 1.82) is 0 Å². The highest BCUT2D eigenvalue weighted by molar-refractivity contribution is 7.92. The van der Waals surface area contributed by atoms with Crippen LogP contribution in [0.4, 0.5) is 10.1 Å². The van der Waals surface area contributed by atoms with E-state index in [1.165, 1.54) is 47.4 Å². The number of amides is 2. The largest absolute Gasteiger partial charge is 0.352 e. The number of benzene rings is 2. The minimum atomic E-state index is -3.91. The van der Waals surface area contributed by atoms with E-state index in [1.54, 1.807) is 6.92 Å². The standard InChI is InChI=1S/C25H30Cl2FN3O4S/c1-3-23(25(33)29-21-6-4-5-7-21)30(15-17-8-10-20(28)11-9-17)24(32)16-31(36(2,34)35)22-13-18(26)12-19(27)14-22/h8-14,21,23H,3-7,15-16H2,1-2H3,(H,29,33)/t23-/m1/s1. The van der Waals surface area contributed by atoms with Crippen molar-refractivity contribution < 1.29 is 22.4 Å². The molecule has 11 heteroatoms. The van der Waals surface area contributed by atoms with Crippen LogP contribution >= 0.6 is 23.2 Å². The van der Waals surface area contributed by atoms with Gasteiger partial charge < -0.3 is 10.2 Å². The van der Waals surface area contributed by atoms with Crippen molar-refractivity contribution >= 4 is 50.7 Å². The summed E-state index contributed by atoms with van der Waals surface area (Å²) in [5.74, 6) is -1.31. The molecule has 2 amide bonds. The average molecular weight is 559 g/mol. The third-order valence-corrected chi connectivity index (χ3v) is 7.75. The predicted octanol–water partition coefficient (Wildman–Crippen LogP) is 4.76. The van der Waals surface area contributed by atoms with Gasteiger partial charge in [0, 0.05) is 22.6 Å². The minimum absolute atomic E-state index is 0.00358. The van der Waals surface area contributed by atoms with Gasteiger partial charge in [0.25, 0.3) is 0 Å². The number of hydrogen-bond acceptors (Lipinski definition) is 4. The first-order valence-corrected chi connectivity index (χ1v) is 14.4. The molecule has 1 aliphatic carbocycles. The topological polar surface area (TPSA) is 86.8 Å². The lowest BCUT2D eigenvalue weighted by Crippen LogP contribution is -2.53. The van der Waals surface area contributed by atoms with Crippen LogP contribution in [0.2, 0.25) is 10.0 Å². The molecule has 0 heterocycles. The maximum atomic E-state index is 13.7. The molecule has 1 atom stereocenters. The van der Waals surface area contributed by atoms with Gasteiger partial charge in [-0.05, 0) is 55.2 Å². The normalized spacial score (nSPS) is 14.9. The molecule has 7 nitrogen and oxygen atoms in total. The molecule has 36 heavy (non-hydrogen) atoms. The fraction of sp³-hybridized carbons (Fsp3) is 0.440. The summed E-state index contributed by atoms with van der Waals surface area (Å²) in [4.78, 5) is 28.2. The number of rotatable bonds is 10. The SMILES string of the molecule is CC[C@H](C(=O)NC1CCCC1)N(Cc1ccc(F)cc1)C(=O)CN(c1cc(Cl)cc(Cl)c1)S(C)(=O)=O. The number of nitrogens with zero attached hydrogens (tertiary/aromatic N) is 2. The zero-order valence-corrected chi connectivity index (χ0v) is 22.5. The zero-order valence-electron chi connectivity index (χ0n) is 20.2. The summed E-state index contributed by atoms with van der Waals surface area (Å²) in [6.45, 7) is 1.22. The van der Waals surface area contributed by atoms with E-state index in [4.69, 9.17) is 23.2 Å². The second-order valence-electron chi connectivity index (χ2n) is 8.96. The van der Waals surface area contributed by atoms with E-state index in [0.29, 0.717) is 12.0 Å². The van der Waals surface area contributed by atoms with Gasteiger partial charge in [-0.3, -0.25) is 13.9 Å². The highest BCUT2D eigenvalue weighted by Gasteiger charge is 2.33. The van der Waals surface area contributed by atoms with Gasteiger partial charge >= 0.3 is 0 Å². The highest BCUT2D eigenvalue weighted by Crippen LogP contribution is 2.27. The summed E-state index contributed by atoms with van der Waals surface area (Å²) < 4.78 is 39.7. The summed E-state index contributed by atoms with van der Waals surface area (Å²) >= 11 is 12.1. The van der Waals surface area contributed by atoms with E-state index in [0.717, 1.165) is 36.2 Å². The van der Waals surface area contributed by atoms with E-state index in [-0.39, 0.29) is 34.2 Å². The Labute approximate surface area is 221 Å². The Balaban J connectivity index is 1.93. The van der Waals surface area contributed by atoms with E-state index >= 15 is 0 Å².